The van der Waals surface area contributed by atoms with Gasteiger partial charge in [0, 0.05) is 11.3 Å². The zero-order chi connectivity index (χ0) is 14.6. The Morgan fingerprint density at radius 3 is 2.00 bits per heavy atom. The second-order valence-corrected chi connectivity index (χ2v) is 4.27. The van der Waals surface area contributed by atoms with Crippen molar-refractivity contribution in [1.29, 1.82) is 10.8 Å². The SMILES string of the molecule is CC1=CC(=N)C(=N)C=C1.Cc1c(N)ccc(N)c1O. The van der Waals surface area contributed by atoms with E-state index in [9.17, 15) is 5.11 Å². The molecule has 0 heterocycles. The Bertz CT molecular complexity index is 558. The van der Waals surface area contributed by atoms with Gasteiger partial charge in [-0.3, -0.25) is 10.8 Å². The van der Waals surface area contributed by atoms with Crippen LogP contribution in [-0.2, 0) is 0 Å². The van der Waals surface area contributed by atoms with Crippen LogP contribution in [0.2, 0.25) is 0 Å². The highest BCUT2D eigenvalue weighted by Crippen LogP contribution is 2.28. The molecule has 1 aromatic rings. The smallest absolute Gasteiger partial charge is 0.143 e. The molecule has 0 atom stereocenters. The molecule has 0 radical (unpaired) electrons. The van der Waals surface area contributed by atoms with E-state index < -0.39 is 0 Å². The van der Waals surface area contributed by atoms with Gasteiger partial charge in [-0.15, -0.1) is 0 Å². The Kier molecular flexibility index (Phi) is 4.47. The van der Waals surface area contributed by atoms with Crippen molar-refractivity contribution < 1.29 is 5.11 Å². The van der Waals surface area contributed by atoms with Gasteiger partial charge in [-0.2, -0.15) is 0 Å². The molecule has 7 N–H and O–H groups in total. The Hall–Kier alpha value is -2.56. The number of benzene rings is 1. The number of nitrogen functional groups attached to an aromatic ring is 2. The van der Waals surface area contributed by atoms with Crippen molar-refractivity contribution in [2.75, 3.05) is 11.5 Å². The molecule has 0 saturated carbocycles. The molecule has 2 rings (SSSR count). The molecule has 0 aromatic heterocycles. The van der Waals surface area contributed by atoms with E-state index in [2.05, 4.69) is 0 Å². The van der Waals surface area contributed by atoms with Crippen LogP contribution in [0.4, 0.5) is 11.4 Å². The molecular formula is C14H18N4O. The van der Waals surface area contributed by atoms with Crippen LogP contribution in [0.1, 0.15) is 12.5 Å². The predicted octanol–water partition coefficient (Wildman–Crippen LogP) is 2.41. The van der Waals surface area contributed by atoms with Crippen LogP contribution in [0.5, 0.6) is 5.75 Å². The third kappa shape index (κ3) is 3.70. The fourth-order valence-corrected chi connectivity index (χ4v) is 1.39. The fourth-order valence-electron chi connectivity index (χ4n) is 1.39. The highest BCUT2D eigenvalue weighted by atomic mass is 16.3. The summed E-state index contributed by atoms with van der Waals surface area (Å²) >= 11 is 0. The number of aromatic hydroxyl groups is 1. The molecule has 0 bridgehead atoms. The molecule has 5 heteroatoms. The minimum Gasteiger partial charge on any atom is -0.505 e. The van der Waals surface area contributed by atoms with Gasteiger partial charge in [0.2, 0.25) is 0 Å². The fraction of sp³-hybridized carbons (Fsp3) is 0.143. The minimum absolute atomic E-state index is 0.0833. The summed E-state index contributed by atoms with van der Waals surface area (Å²) in [6.45, 7) is 3.64. The van der Waals surface area contributed by atoms with Gasteiger partial charge in [0.15, 0.2) is 0 Å². The maximum atomic E-state index is 9.18. The number of nitrogens with two attached hydrogens (primary N) is 2. The number of rotatable bonds is 0. The van der Waals surface area contributed by atoms with E-state index in [0.29, 0.717) is 28.4 Å². The Labute approximate surface area is 112 Å². The van der Waals surface area contributed by atoms with E-state index >= 15 is 0 Å². The van der Waals surface area contributed by atoms with Crippen LogP contribution in [0.3, 0.4) is 0 Å². The molecule has 5 nitrogen and oxygen atoms in total. The monoisotopic (exact) mass is 258 g/mol. The lowest BCUT2D eigenvalue weighted by atomic mass is 10.1. The van der Waals surface area contributed by atoms with Crippen LogP contribution >= 0.6 is 0 Å². The van der Waals surface area contributed by atoms with Gasteiger partial charge in [0.05, 0.1) is 17.1 Å². The highest BCUT2D eigenvalue weighted by Gasteiger charge is 2.02. The number of hydrogen-bond donors (Lipinski definition) is 5. The predicted molar refractivity (Wildman–Crippen MR) is 80.0 cm³/mol. The molecule has 1 aliphatic rings. The molecule has 0 saturated heterocycles. The summed E-state index contributed by atoms with van der Waals surface area (Å²) in [5.41, 5.74) is 14.1. The average molecular weight is 258 g/mol. The zero-order valence-electron chi connectivity index (χ0n) is 11.0. The summed E-state index contributed by atoms with van der Waals surface area (Å²) in [5, 5.41) is 23.5. The van der Waals surface area contributed by atoms with Gasteiger partial charge in [-0.05, 0) is 43.7 Å². The van der Waals surface area contributed by atoms with Crippen LogP contribution in [-0.4, -0.2) is 16.5 Å². The molecule has 0 aliphatic heterocycles. The Morgan fingerprint density at radius 2 is 1.53 bits per heavy atom. The second-order valence-electron chi connectivity index (χ2n) is 4.27. The third-order valence-corrected chi connectivity index (χ3v) is 2.68. The number of anilines is 2. The van der Waals surface area contributed by atoms with E-state index in [0.717, 1.165) is 5.57 Å². The highest BCUT2D eigenvalue weighted by molar-refractivity contribution is 6.49. The first kappa shape index (κ1) is 14.5. The van der Waals surface area contributed by atoms with E-state index in [-0.39, 0.29) is 5.75 Å². The molecule has 1 aromatic carbocycles. The van der Waals surface area contributed by atoms with Crippen LogP contribution in [0.25, 0.3) is 0 Å². The molecule has 100 valence electrons. The van der Waals surface area contributed by atoms with Crippen molar-refractivity contribution in [3.8, 4) is 5.75 Å². The Balaban J connectivity index is 0.000000191. The molecule has 0 amide bonds. The van der Waals surface area contributed by atoms with Gasteiger partial charge in [-0.25, -0.2) is 0 Å². The summed E-state index contributed by atoms with van der Waals surface area (Å²) in [6, 6.07) is 3.25. The van der Waals surface area contributed by atoms with E-state index in [1.54, 1.807) is 31.2 Å². The summed E-state index contributed by atoms with van der Waals surface area (Å²) in [5.74, 6) is 0.0833. The summed E-state index contributed by atoms with van der Waals surface area (Å²) in [7, 11) is 0. The largest absolute Gasteiger partial charge is 0.505 e. The van der Waals surface area contributed by atoms with Gasteiger partial charge in [-0.1, -0.05) is 6.08 Å². The van der Waals surface area contributed by atoms with Crippen molar-refractivity contribution in [3.05, 3.63) is 41.5 Å². The first-order valence-electron chi connectivity index (χ1n) is 5.70. The lowest BCUT2D eigenvalue weighted by Gasteiger charge is -2.04. The number of phenolic OH excluding ortho intramolecular Hbond substituents is 1. The van der Waals surface area contributed by atoms with Crippen molar-refractivity contribution >= 4 is 22.8 Å². The maximum Gasteiger partial charge on any atom is 0.143 e. The standard InChI is InChI=1S/C7H10N2O.C7H8N2/c1-4-5(8)2-3-6(9)7(4)10;1-5-2-3-6(8)7(9)4-5/h2-3,10H,8-9H2,1H3;2-4,8-9H,1H3. The second kappa shape index (κ2) is 5.86. The zero-order valence-corrected chi connectivity index (χ0v) is 11.0. The van der Waals surface area contributed by atoms with Crippen LogP contribution in [0, 0.1) is 17.7 Å². The first-order chi connectivity index (χ1) is 8.82. The van der Waals surface area contributed by atoms with Gasteiger partial charge < -0.3 is 16.6 Å². The van der Waals surface area contributed by atoms with E-state index in [1.165, 1.54) is 0 Å². The average Bonchev–Trinajstić information content (AvgIpc) is 2.37. The topological polar surface area (TPSA) is 120 Å². The van der Waals surface area contributed by atoms with E-state index in [1.807, 2.05) is 13.0 Å². The summed E-state index contributed by atoms with van der Waals surface area (Å²) in [4.78, 5) is 0. The molecule has 0 unspecified atom stereocenters. The number of nitrogens with one attached hydrogen (secondary N) is 2. The molecule has 1 aliphatic carbocycles. The lowest BCUT2D eigenvalue weighted by molar-refractivity contribution is 0.474. The van der Waals surface area contributed by atoms with Gasteiger partial charge in [0.1, 0.15) is 5.75 Å². The number of hydrogen-bond acceptors (Lipinski definition) is 5. The molecular weight excluding hydrogens is 240 g/mol. The maximum absolute atomic E-state index is 9.18. The minimum atomic E-state index is 0.0833. The normalized spacial score (nSPS) is 13.7. The van der Waals surface area contributed by atoms with Crippen LogP contribution in [0.15, 0.2) is 35.9 Å². The summed E-state index contributed by atoms with van der Waals surface area (Å²) in [6.07, 6.45) is 5.15. The quantitative estimate of drug-likeness (QED) is 0.279. The van der Waals surface area contributed by atoms with Crippen molar-refractivity contribution in [2.45, 2.75) is 13.8 Å². The first-order valence-corrected chi connectivity index (χ1v) is 5.70. The molecule has 0 fully saturated rings. The van der Waals surface area contributed by atoms with Crippen LogP contribution < -0.4 is 11.5 Å². The number of allylic oxidation sites excluding steroid dienone is 4. The number of phenols is 1. The molecule has 0 spiro atoms. The van der Waals surface area contributed by atoms with Gasteiger partial charge in [0.25, 0.3) is 0 Å². The van der Waals surface area contributed by atoms with Crippen molar-refractivity contribution in [3.63, 3.8) is 0 Å². The van der Waals surface area contributed by atoms with E-state index in [4.69, 9.17) is 22.3 Å². The third-order valence-electron chi connectivity index (χ3n) is 2.68. The lowest BCUT2D eigenvalue weighted by Crippen LogP contribution is -2.08. The van der Waals surface area contributed by atoms with Crippen molar-refractivity contribution in [1.82, 2.24) is 0 Å². The summed E-state index contributed by atoms with van der Waals surface area (Å²) < 4.78 is 0. The molecule has 19 heavy (non-hydrogen) atoms. The van der Waals surface area contributed by atoms with Gasteiger partial charge >= 0.3 is 0 Å². The van der Waals surface area contributed by atoms with Crippen molar-refractivity contribution in [2.24, 2.45) is 0 Å². The Morgan fingerprint density at radius 1 is 0.947 bits per heavy atom.